The lowest BCUT2D eigenvalue weighted by molar-refractivity contribution is -0.136. The van der Waals surface area contributed by atoms with E-state index in [1.54, 1.807) is 12.1 Å². The summed E-state index contributed by atoms with van der Waals surface area (Å²) in [6.07, 6.45) is -0.0738. The van der Waals surface area contributed by atoms with Crippen LogP contribution in [0.25, 0.3) is 0 Å². The summed E-state index contributed by atoms with van der Waals surface area (Å²) in [5.74, 6) is -0.442. The molecule has 1 rings (SSSR count). The predicted octanol–water partition coefficient (Wildman–Crippen LogP) is 2.28. The van der Waals surface area contributed by atoms with E-state index in [2.05, 4.69) is 0 Å². The molecule has 0 aliphatic rings. The third-order valence-electron chi connectivity index (χ3n) is 1.98. The van der Waals surface area contributed by atoms with Gasteiger partial charge in [-0.1, -0.05) is 17.7 Å². The van der Waals surface area contributed by atoms with Gasteiger partial charge in [-0.05, 0) is 18.6 Å². The van der Waals surface area contributed by atoms with Crippen LogP contribution in [0.1, 0.15) is 11.1 Å². The average molecular weight is 215 g/mol. The summed E-state index contributed by atoms with van der Waals surface area (Å²) in [5.41, 5.74) is 1.50. The minimum atomic E-state index is -0.895. The Morgan fingerprint density at radius 1 is 1.57 bits per heavy atom. The Morgan fingerprint density at radius 2 is 2.21 bits per heavy atom. The number of hydrogen-bond acceptors (Lipinski definition) is 2. The predicted molar refractivity (Wildman–Crippen MR) is 54.1 cm³/mol. The van der Waals surface area contributed by atoms with Crippen LogP contribution >= 0.6 is 11.6 Å². The molecule has 0 bridgehead atoms. The van der Waals surface area contributed by atoms with Crippen molar-refractivity contribution in [1.29, 1.82) is 0 Å². The number of carboxylic acids is 1. The molecule has 4 heteroatoms. The molecule has 0 atom stereocenters. The Hall–Kier alpha value is -1.22. The van der Waals surface area contributed by atoms with Crippen LogP contribution in [0.15, 0.2) is 12.1 Å². The molecular weight excluding hydrogens is 204 g/mol. The third kappa shape index (κ3) is 2.17. The van der Waals surface area contributed by atoms with Crippen LogP contribution in [0.5, 0.6) is 5.75 Å². The lowest BCUT2D eigenvalue weighted by Crippen LogP contribution is -2.04. The number of ether oxygens (including phenoxy) is 1. The molecule has 0 saturated carbocycles. The molecule has 0 aliphatic carbocycles. The molecule has 0 spiro atoms. The van der Waals surface area contributed by atoms with Crippen LogP contribution in [0, 0.1) is 6.92 Å². The largest absolute Gasteiger partial charge is 0.495 e. The summed E-state index contributed by atoms with van der Waals surface area (Å²) < 4.78 is 5.06. The highest BCUT2D eigenvalue weighted by Crippen LogP contribution is 2.31. The summed E-state index contributed by atoms with van der Waals surface area (Å²) >= 11 is 5.87. The van der Waals surface area contributed by atoms with Crippen molar-refractivity contribution in [1.82, 2.24) is 0 Å². The molecule has 0 amide bonds. The number of aryl methyl sites for hydroxylation is 1. The maximum Gasteiger partial charge on any atom is 0.307 e. The van der Waals surface area contributed by atoms with Gasteiger partial charge in [0.25, 0.3) is 0 Å². The highest BCUT2D eigenvalue weighted by molar-refractivity contribution is 6.32. The van der Waals surface area contributed by atoms with Crippen molar-refractivity contribution in [2.24, 2.45) is 0 Å². The second-order valence-electron chi connectivity index (χ2n) is 2.95. The molecule has 1 aromatic carbocycles. The van der Waals surface area contributed by atoms with Gasteiger partial charge in [0.15, 0.2) is 0 Å². The van der Waals surface area contributed by atoms with Crippen LogP contribution in [-0.4, -0.2) is 18.2 Å². The SMILES string of the molecule is COc1c(Cl)ccc(C)c1CC(=O)O. The van der Waals surface area contributed by atoms with Crippen molar-refractivity contribution in [2.75, 3.05) is 7.11 Å². The molecule has 1 N–H and O–H groups in total. The van der Waals surface area contributed by atoms with Crippen molar-refractivity contribution in [3.05, 3.63) is 28.3 Å². The second kappa shape index (κ2) is 4.33. The molecule has 0 unspecified atom stereocenters. The first kappa shape index (κ1) is 10.9. The average Bonchev–Trinajstić information content (AvgIpc) is 2.11. The number of benzene rings is 1. The zero-order valence-corrected chi connectivity index (χ0v) is 8.76. The fraction of sp³-hybridized carbons (Fsp3) is 0.300. The van der Waals surface area contributed by atoms with Gasteiger partial charge in [0.2, 0.25) is 0 Å². The highest BCUT2D eigenvalue weighted by Gasteiger charge is 2.13. The molecule has 3 nitrogen and oxygen atoms in total. The monoisotopic (exact) mass is 214 g/mol. The number of aliphatic carboxylic acids is 1. The van der Waals surface area contributed by atoms with Crippen LogP contribution in [0.3, 0.4) is 0 Å². The Labute approximate surface area is 87.3 Å². The summed E-state index contributed by atoms with van der Waals surface area (Å²) in [6.45, 7) is 1.83. The van der Waals surface area contributed by atoms with E-state index >= 15 is 0 Å². The molecule has 0 radical (unpaired) electrons. The third-order valence-corrected chi connectivity index (χ3v) is 2.28. The quantitative estimate of drug-likeness (QED) is 0.840. The van der Waals surface area contributed by atoms with E-state index < -0.39 is 5.97 Å². The first-order valence-electron chi connectivity index (χ1n) is 4.10. The molecule has 0 heterocycles. The van der Waals surface area contributed by atoms with E-state index in [0.717, 1.165) is 5.56 Å². The minimum Gasteiger partial charge on any atom is -0.495 e. The normalized spacial score (nSPS) is 9.93. The smallest absolute Gasteiger partial charge is 0.307 e. The Kier molecular flexibility index (Phi) is 3.36. The Morgan fingerprint density at radius 3 is 2.71 bits per heavy atom. The number of hydrogen-bond donors (Lipinski definition) is 1. The minimum absolute atomic E-state index is 0.0738. The molecule has 0 aromatic heterocycles. The number of carboxylic acid groups (broad SMARTS) is 1. The molecule has 0 saturated heterocycles. The first-order chi connectivity index (χ1) is 6.56. The first-order valence-corrected chi connectivity index (χ1v) is 4.47. The number of methoxy groups -OCH3 is 1. The lowest BCUT2D eigenvalue weighted by atomic mass is 10.0. The number of carbonyl (C=O) groups is 1. The van der Waals surface area contributed by atoms with E-state index in [9.17, 15) is 4.79 Å². The summed E-state index contributed by atoms with van der Waals surface area (Å²) in [5, 5.41) is 9.14. The van der Waals surface area contributed by atoms with Gasteiger partial charge in [0.1, 0.15) is 5.75 Å². The van der Waals surface area contributed by atoms with Crippen LogP contribution in [0.2, 0.25) is 5.02 Å². The molecule has 1 aromatic rings. The Balaban J connectivity index is 3.22. The number of halogens is 1. The van der Waals surface area contributed by atoms with Gasteiger partial charge in [-0.15, -0.1) is 0 Å². The van der Waals surface area contributed by atoms with Gasteiger partial charge in [0, 0.05) is 5.56 Å². The van der Waals surface area contributed by atoms with Gasteiger partial charge in [-0.3, -0.25) is 4.79 Å². The standard InChI is InChI=1S/C10H11ClO3/c1-6-3-4-8(11)10(14-2)7(6)5-9(12)13/h3-4H,5H2,1-2H3,(H,12,13). The van der Waals surface area contributed by atoms with Crippen molar-refractivity contribution in [3.8, 4) is 5.75 Å². The molecule has 14 heavy (non-hydrogen) atoms. The summed E-state index contributed by atoms with van der Waals surface area (Å²) in [6, 6.07) is 3.48. The summed E-state index contributed by atoms with van der Waals surface area (Å²) in [7, 11) is 1.48. The van der Waals surface area contributed by atoms with Gasteiger partial charge in [-0.25, -0.2) is 0 Å². The maximum absolute atomic E-state index is 10.6. The van der Waals surface area contributed by atoms with E-state index in [1.165, 1.54) is 7.11 Å². The van der Waals surface area contributed by atoms with Gasteiger partial charge < -0.3 is 9.84 Å². The highest BCUT2D eigenvalue weighted by atomic mass is 35.5. The second-order valence-corrected chi connectivity index (χ2v) is 3.35. The molecule has 0 aliphatic heterocycles. The van der Waals surface area contributed by atoms with E-state index in [4.69, 9.17) is 21.4 Å². The van der Waals surface area contributed by atoms with Crippen LogP contribution in [-0.2, 0) is 11.2 Å². The zero-order chi connectivity index (χ0) is 10.7. The van der Waals surface area contributed by atoms with E-state index in [0.29, 0.717) is 16.3 Å². The Bertz CT molecular complexity index is 361. The van der Waals surface area contributed by atoms with Crippen molar-refractivity contribution >= 4 is 17.6 Å². The van der Waals surface area contributed by atoms with E-state index in [1.807, 2.05) is 6.92 Å². The van der Waals surface area contributed by atoms with Gasteiger partial charge in [-0.2, -0.15) is 0 Å². The lowest BCUT2D eigenvalue weighted by Gasteiger charge is -2.11. The summed E-state index contributed by atoms with van der Waals surface area (Å²) in [4.78, 5) is 10.6. The van der Waals surface area contributed by atoms with Crippen molar-refractivity contribution in [3.63, 3.8) is 0 Å². The molecular formula is C10H11ClO3. The molecule has 76 valence electrons. The molecule has 0 fully saturated rings. The van der Waals surface area contributed by atoms with Crippen LogP contribution in [0.4, 0.5) is 0 Å². The van der Waals surface area contributed by atoms with Crippen molar-refractivity contribution in [2.45, 2.75) is 13.3 Å². The van der Waals surface area contributed by atoms with Gasteiger partial charge in [0.05, 0.1) is 18.6 Å². The number of rotatable bonds is 3. The topological polar surface area (TPSA) is 46.5 Å². The van der Waals surface area contributed by atoms with E-state index in [-0.39, 0.29) is 6.42 Å². The fourth-order valence-electron chi connectivity index (χ4n) is 1.29. The zero-order valence-electron chi connectivity index (χ0n) is 8.00. The van der Waals surface area contributed by atoms with Crippen LogP contribution < -0.4 is 4.74 Å². The maximum atomic E-state index is 10.6. The van der Waals surface area contributed by atoms with Crippen molar-refractivity contribution < 1.29 is 14.6 Å². The fourth-order valence-corrected chi connectivity index (χ4v) is 1.54. The van der Waals surface area contributed by atoms with Gasteiger partial charge >= 0.3 is 5.97 Å².